The first-order chi connectivity index (χ1) is 10.0. The first kappa shape index (κ1) is 14.8. The Morgan fingerprint density at radius 3 is 2.76 bits per heavy atom. The van der Waals surface area contributed by atoms with Crippen LogP contribution in [0.3, 0.4) is 0 Å². The second-order valence-electron chi connectivity index (χ2n) is 4.12. The molecule has 2 aromatic carbocycles. The largest absolute Gasteiger partial charge is 0.495 e. The predicted octanol–water partition coefficient (Wildman–Crippen LogP) is 3.59. The number of ether oxygens (including phenoxy) is 1. The van der Waals surface area contributed by atoms with Gasteiger partial charge in [-0.1, -0.05) is 23.7 Å². The molecule has 0 aliphatic heterocycles. The van der Waals surface area contributed by atoms with Gasteiger partial charge in [0.1, 0.15) is 5.75 Å². The molecule has 0 fully saturated rings. The van der Waals surface area contributed by atoms with Gasteiger partial charge in [0.15, 0.2) is 0 Å². The smallest absolute Gasteiger partial charge is 0.278 e. The summed E-state index contributed by atoms with van der Waals surface area (Å²) in [7, 11) is 1.48. The van der Waals surface area contributed by atoms with Crippen LogP contribution in [0.2, 0.25) is 5.02 Å². The number of benzene rings is 2. The number of anilines is 1. The van der Waals surface area contributed by atoms with Crippen LogP contribution in [-0.2, 0) is 0 Å². The molecule has 108 valence electrons. The summed E-state index contributed by atoms with van der Waals surface area (Å²) in [4.78, 5) is 14.6. The minimum absolute atomic E-state index is 0.0283. The van der Waals surface area contributed by atoms with E-state index in [0.717, 1.165) is 0 Å². The Kier molecular flexibility index (Phi) is 4.39. The summed E-state index contributed by atoms with van der Waals surface area (Å²) < 4.78 is 5.04. The van der Waals surface area contributed by atoms with Gasteiger partial charge in [0, 0.05) is 18.3 Å². The van der Waals surface area contributed by atoms with Crippen molar-refractivity contribution in [2.45, 2.75) is 0 Å². The van der Waals surface area contributed by atoms with Gasteiger partial charge in [-0.25, -0.2) is 0 Å². The van der Waals surface area contributed by atoms with E-state index in [1.807, 2.05) is 0 Å². The number of aliphatic imine (C=N–C) groups is 1. The number of nitrogens with two attached hydrogens (primary N) is 1. The van der Waals surface area contributed by atoms with Crippen molar-refractivity contribution < 1.29 is 9.66 Å². The highest BCUT2D eigenvalue weighted by Gasteiger charge is 2.11. The maximum absolute atomic E-state index is 10.9. The molecule has 2 aromatic rings. The van der Waals surface area contributed by atoms with Crippen LogP contribution < -0.4 is 10.5 Å². The van der Waals surface area contributed by atoms with E-state index in [9.17, 15) is 10.1 Å². The van der Waals surface area contributed by atoms with E-state index in [1.54, 1.807) is 30.3 Å². The van der Waals surface area contributed by atoms with Crippen LogP contribution in [-0.4, -0.2) is 18.2 Å². The number of rotatable bonds is 4. The molecule has 0 unspecified atom stereocenters. The molecule has 0 aliphatic rings. The summed E-state index contributed by atoms with van der Waals surface area (Å²) in [6.07, 6.45) is 1.38. The van der Waals surface area contributed by atoms with E-state index in [1.165, 1.54) is 19.4 Å². The Morgan fingerprint density at radius 1 is 1.38 bits per heavy atom. The van der Waals surface area contributed by atoms with Crippen LogP contribution in [0.1, 0.15) is 5.56 Å². The third kappa shape index (κ3) is 3.29. The molecule has 0 spiro atoms. The first-order valence-corrected chi connectivity index (χ1v) is 6.31. The normalized spacial score (nSPS) is 10.8. The second kappa shape index (κ2) is 6.23. The predicted molar refractivity (Wildman–Crippen MR) is 82.8 cm³/mol. The van der Waals surface area contributed by atoms with Gasteiger partial charge >= 0.3 is 0 Å². The van der Waals surface area contributed by atoms with Gasteiger partial charge in [-0.05, 0) is 12.1 Å². The summed E-state index contributed by atoms with van der Waals surface area (Å²) in [6, 6.07) is 9.39. The Bertz CT molecular complexity index is 717. The van der Waals surface area contributed by atoms with Gasteiger partial charge in [-0.15, -0.1) is 0 Å². The number of para-hydroxylation sites is 1. The fourth-order valence-electron chi connectivity index (χ4n) is 1.73. The summed E-state index contributed by atoms with van der Waals surface area (Å²) in [6.45, 7) is 0. The number of nitrogens with zero attached hydrogens (tertiary/aromatic N) is 2. The van der Waals surface area contributed by atoms with Gasteiger partial charge in [-0.3, -0.25) is 15.1 Å². The van der Waals surface area contributed by atoms with Crippen molar-refractivity contribution in [3.63, 3.8) is 0 Å². The zero-order valence-corrected chi connectivity index (χ0v) is 11.9. The zero-order valence-electron chi connectivity index (χ0n) is 11.1. The highest BCUT2D eigenvalue weighted by atomic mass is 35.5. The monoisotopic (exact) mass is 305 g/mol. The molecule has 21 heavy (non-hydrogen) atoms. The fraction of sp³-hybridized carbons (Fsp3) is 0.0714. The molecule has 0 saturated heterocycles. The lowest BCUT2D eigenvalue weighted by Crippen LogP contribution is -1.94. The van der Waals surface area contributed by atoms with Crippen molar-refractivity contribution >= 4 is 34.9 Å². The van der Waals surface area contributed by atoms with Gasteiger partial charge in [0.2, 0.25) is 0 Å². The van der Waals surface area contributed by atoms with E-state index in [4.69, 9.17) is 22.1 Å². The SMILES string of the molecule is COc1cc(N)c(N=Cc2ccccc2[N+](=O)[O-])cc1Cl. The van der Waals surface area contributed by atoms with Gasteiger partial charge < -0.3 is 10.5 Å². The second-order valence-corrected chi connectivity index (χ2v) is 4.53. The summed E-state index contributed by atoms with van der Waals surface area (Å²) in [5.74, 6) is 0.443. The lowest BCUT2D eigenvalue weighted by atomic mass is 10.2. The van der Waals surface area contributed by atoms with E-state index < -0.39 is 4.92 Å². The van der Waals surface area contributed by atoms with Crippen molar-refractivity contribution in [2.24, 2.45) is 4.99 Å². The molecule has 6 nitrogen and oxygen atoms in total. The summed E-state index contributed by atoms with van der Waals surface area (Å²) >= 11 is 6.00. The van der Waals surface area contributed by atoms with Gasteiger partial charge in [0.05, 0.1) is 34.0 Å². The fourth-order valence-corrected chi connectivity index (χ4v) is 1.96. The lowest BCUT2D eigenvalue weighted by molar-refractivity contribution is -0.385. The lowest BCUT2D eigenvalue weighted by Gasteiger charge is -2.06. The van der Waals surface area contributed by atoms with Crippen molar-refractivity contribution in [3.05, 3.63) is 57.1 Å². The zero-order chi connectivity index (χ0) is 15.4. The van der Waals surface area contributed by atoms with Gasteiger partial charge in [0.25, 0.3) is 5.69 Å². The molecule has 0 bridgehead atoms. The Labute approximate surface area is 126 Å². The number of methoxy groups -OCH3 is 1. The Balaban J connectivity index is 2.39. The van der Waals surface area contributed by atoms with E-state index in [-0.39, 0.29) is 5.69 Å². The van der Waals surface area contributed by atoms with Crippen molar-refractivity contribution in [1.29, 1.82) is 0 Å². The van der Waals surface area contributed by atoms with Crippen LogP contribution in [0.5, 0.6) is 5.75 Å². The molecular formula is C14H12ClN3O3. The number of hydrogen-bond donors (Lipinski definition) is 1. The molecule has 2 rings (SSSR count). The van der Waals surface area contributed by atoms with Crippen molar-refractivity contribution in [2.75, 3.05) is 12.8 Å². The quantitative estimate of drug-likeness (QED) is 0.404. The summed E-state index contributed by atoms with van der Waals surface area (Å²) in [5, 5.41) is 11.3. The molecule has 0 aromatic heterocycles. The van der Waals surface area contributed by atoms with Crippen LogP contribution in [0, 0.1) is 10.1 Å². The van der Waals surface area contributed by atoms with E-state index >= 15 is 0 Å². The third-order valence-electron chi connectivity index (χ3n) is 2.78. The summed E-state index contributed by atoms with van der Waals surface area (Å²) in [5.41, 5.74) is 6.98. The molecule has 0 heterocycles. The standard InChI is InChI=1S/C14H12ClN3O3/c1-21-14-7-11(16)12(6-10(14)15)17-8-9-4-2-3-5-13(9)18(19)20/h2-8H,16H2,1H3. The molecule has 0 aliphatic carbocycles. The Morgan fingerprint density at radius 2 is 2.10 bits per heavy atom. The molecule has 2 N–H and O–H groups in total. The van der Waals surface area contributed by atoms with Crippen molar-refractivity contribution in [1.82, 2.24) is 0 Å². The van der Waals surface area contributed by atoms with Crippen molar-refractivity contribution in [3.8, 4) is 5.75 Å². The molecule has 0 radical (unpaired) electrons. The number of nitro groups is 1. The molecular weight excluding hydrogens is 294 g/mol. The molecule has 0 saturated carbocycles. The molecule has 7 heteroatoms. The topological polar surface area (TPSA) is 90.8 Å². The number of halogens is 1. The highest BCUT2D eigenvalue weighted by Crippen LogP contribution is 2.34. The number of nitrogen functional groups attached to an aromatic ring is 1. The van der Waals surface area contributed by atoms with Crippen LogP contribution in [0.4, 0.5) is 17.1 Å². The number of nitro benzene ring substituents is 1. The van der Waals surface area contributed by atoms with Crippen LogP contribution in [0.15, 0.2) is 41.4 Å². The maximum Gasteiger partial charge on any atom is 0.278 e. The maximum atomic E-state index is 10.9. The average molecular weight is 306 g/mol. The number of hydrogen-bond acceptors (Lipinski definition) is 5. The minimum atomic E-state index is -0.467. The van der Waals surface area contributed by atoms with E-state index in [2.05, 4.69) is 4.99 Å². The third-order valence-corrected chi connectivity index (χ3v) is 3.07. The van der Waals surface area contributed by atoms with Gasteiger partial charge in [-0.2, -0.15) is 0 Å². The minimum Gasteiger partial charge on any atom is -0.495 e. The first-order valence-electron chi connectivity index (χ1n) is 5.93. The Hall–Kier alpha value is -2.60. The van der Waals surface area contributed by atoms with Crippen LogP contribution in [0.25, 0.3) is 0 Å². The molecule has 0 atom stereocenters. The van der Waals surface area contributed by atoms with E-state index in [0.29, 0.717) is 27.7 Å². The molecule has 0 amide bonds. The average Bonchev–Trinajstić information content (AvgIpc) is 2.47. The van der Waals surface area contributed by atoms with Crippen LogP contribution >= 0.6 is 11.6 Å². The highest BCUT2D eigenvalue weighted by molar-refractivity contribution is 6.32.